The van der Waals surface area contributed by atoms with Crippen molar-refractivity contribution in [3.63, 3.8) is 0 Å². The molecule has 1 aromatic rings. The Morgan fingerprint density at radius 1 is 1.24 bits per heavy atom. The lowest BCUT2D eigenvalue weighted by Gasteiger charge is -2.33. The number of rotatable bonds is 3. The maximum atomic E-state index is 12.8. The summed E-state index contributed by atoms with van der Waals surface area (Å²) in [4.78, 5) is 16.8. The van der Waals surface area contributed by atoms with Crippen LogP contribution >= 0.6 is 11.8 Å². The number of likely N-dealkylation sites (N-methyl/N-ethyl adjacent to an activating group) is 1. The van der Waals surface area contributed by atoms with E-state index < -0.39 is 0 Å². The van der Waals surface area contributed by atoms with Gasteiger partial charge >= 0.3 is 0 Å². The zero-order valence-corrected chi connectivity index (χ0v) is 13.2. The van der Waals surface area contributed by atoms with Gasteiger partial charge in [-0.25, -0.2) is 0 Å². The highest BCUT2D eigenvalue weighted by Gasteiger charge is 2.30. The van der Waals surface area contributed by atoms with Crippen molar-refractivity contribution >= 4 is 17.7 Å². The molecular formula is C15H20N2O3S. The van der Waals surface area contributed by atoms with Crippen LogP contribution in [0.1, 0.15) is 11.6 Å². The summed E-state index contributed by atoms with van der Waals surface area (Å²) in [5.74, 6) is 3.68. The zero-order valence-electron chi connectivity index (χ0n) is 12.4. The number of ether oxygens (including phenoxy) is 2. The Morgan fingerprint density at radius 2 is 1.95 bits per heavy atom. The van der Waals surface area contributed by atoms with Gasteiger partial charge in [0.25, 0.3) is 0 Å². The van der Waals surface area contributed by atoms with E-state index in [1.165, 1.54) is 0 Å². The van der Waals surface area contributed by atoms with Crippen LogP contribution in [0.4, 0.5) is 0 Å². The minimum Gasteiger partial charge on any atom is -0.454 e. The smallest absolute Gasteiger partial charge is 0.244 e. The third-order valence-electron chi connectivity index (χ3n) is 3.79. The van der Waals surface area contributed by atoms with Crippen molar-refractivity contribution in [1.82, 2.24) is 9.80 Å². The monoisotopic (exact) mass is 308 g/mol. The van der Waals surface area contributed by atoms with E-state index in [0.29, 0.717) is 0 Å². The molecule has 1 fully saturated rings. The van der Waals surface area contributed by atoms with Crippen LogP contribution in [0.5, 0.6) is 11.5 Å². The SMILES string of the molecule is CN(C)[C@@H](C(=O)N1CCSCC1)c1ccc2c(c1)OCO2. The van der Waals surface area contributed by atoms with E-state index in [4.69, 9.17) is 9.47 Å². The van der Waals surface area contributed by atoms with Gasteiger partial charge in [-0.2, -0.15) is 11.8 Å². The highest BCUT2D eigenvalue weighted by molar-refractivity contribution is 7.99. The van der Waals surface area contributed by atoms with Gasteiger partial charge < -0.3 is 14.4 Å². The lowest BCUT2D eigenvalue weighted by molar-refractivity contribution is -0.136. The van der Waals surface area contributed by atoms with Gasteiger partial charge in [-0.05, 0) is 31.8 Å². The summed E-state index contributed by atoms with van der Waals surface area (Å²) < 4.78 is 10.8. The summed E-state index contributed by atoms with van der Waals surface area (Å²) >= 11 is 1.90. The molecular weight excluding hydrogens is 288 g/mol. The standard InChI is InChI=1S/C15H20N2O3S/c1-16(2)14(15(18)17-5-7-21-8-6-17)11-3-4-12-13(9-11)20-10-19-12/h3-4,9,14H,5-8,10H2,1-2H3/t14-/m1/s1. The molecule has 0 unspecified atom stereocenters. The van der Waals surface area contributed by atoms with Crippen LogP contribution < -0.4 is 9.47 Å². The van der Waals surface area contributed by atoms with Crippen LogP contribution in [0.15, 0.2) is 18.2 Å². The van der Waals surface area contributed by atoms with Gasteiger partial charge in [-0.15, -0.1) is 0 Å². The molecule has 1 amide bonds. The number of hydrogen-bond donors (Lipinski definition) is 0. The van der Waals surface area contributed by atoms with Crippen molar-refractivity contribution in [3.05, 3.63) is 23.8 Å². The van der Waals surface area contributed by atoms with Crippen LogP contribution in [0.2, 0.25) is 0 Å². The van der Waals surface area contributed by atoms with E-state index in [-0.39, 0.29) is 18.7 Å². The van der Waals surface area contributed by atoms with Crippen molar-refractivity contribution in [1.29, 1.82) is 0 Å². The Kier molecular flexibility index (Phi) is 4.26. The van der Waals surface area contributed by atoms with Crippen molar-refractivity contribution < 1.29 is 14.3 Å². The van der Waals surface area contributed by atoms with Crippen LogP contribution in [-0.2, 0) is 4.79 Å². The molecule has 0 spiro atoms. The van der Waals surface area contributed by atoms with Gasteiger partial charge in [-0.1, -0.05) is 6.07 Å². The molecule has 2 aliphatic rings. The average molecular weight is 308 g/mol. The third kappa shape index (κ3) is 2.96. The molecule has 1 saturated heterocycles. The molecule has 114 valence electrons. The second-order valence-corrected chi connectivity index (χ2v) is 6.64. The molecule has 0 radical (unpaired) electrons. The Morgan fingerprint density at radius 3 is 2.67 bits per heavy atom. The van der Waals surface area contributed by atoms with E-state index in [9.17, 15) is 4.79 Å². The molecule has 0 aromatic heterocycles. The van der Waals surface area contributed by atoms with E-state index in [2.05, 4.69) is 0 Å². The van der Waals surface area contributed by atoms with E-state index in [1.807, 2.05) is 53.9 Å². The summed E-state index contributed by atoms with van der Waals surface area (Å²) in [6.07, 6.45) is 0. The van der Waals surface area contributed by atoms with Gasteiger partial charge in [0.1, 0.15) is 6.04 Å². The summed E-state index contributed by atoms with van der Waals surface area (Å²) in [7, 11) is 3.87. The molecule has 2 aliphatic heterocycles. The van der Waals surface area contributed by atoms with Crippen molar-refractivity contribution in [2.45, 2.75) is 6.04 Å². The van der Waals surface area contributed by atoms with Gasteiger partial charge in [0.15, 0.2) is 11.5 Å². The summed E-state index contributed by atoms with van der Waals surface area (Å²) in [6.45, 7) is 1.92. The molecule has 0 saturated carbocycles. The second kappa shape index (κ2) is 6.15. The molecule has 3 rings (SSSR count). The molecule has 21 heavy (non-hydrogen) atoms. The van der Waals surface area contributed by atoms with Crippen molar-refractivity contribution in [3.8, 4) is 11.5 Å². The van der Waals surface area contributed by atoms with Gasteiger partial charge in [0.05, 0.1) is 0 Å². The first-order valence-corrected chi connectivity index (χ1v) is 8.25. The number of fused-ring (bicyclic) bond motifs is 1. The first kappa shape index (κ1) is 14.5. The van der Waals surface area contributed by atoms with Crippen LogP contribution in [0.25, 0.3) is 0 Å². The largest absolute Gasteiger partial charge is 0.454 e. The minimum atomic E-state index is -0.275. The number of carbonyl (C=O) groups excluding carboxylic acids is 1. The number of thioether (sulfide) groups is 1. The summed E-state index contributed by atoms with van der Waals surface area (Å²) in [5, 5.41) is 0. The number of benzene rings is 1. The van der Waals surface area contributed by atoms with Gasteiger partial charge in [-0.3, -0.25) is 9.69 Å². The predicted molar refractivity (Wildman–Crippen MR) is 82.9 cm³/mol. The maximum Gasteiger partial charge on any atom is 0.244 e. The topological polar surface area (TPSA) is 42.0 Å². The number of carbonyl (C=O) groups is 1. The molecule has 0 N–H and O–H groups in total. The number of hydrogen-bond acceptors (Lipinski definition) is 5. The molecule has 0 bridgehead atoms. The van der Waals surface area contributed by atoms with E-state index in [1.54, 1.807) is 0 Å². The minimum absolute atomic E-state index is 0.166. The Balaban J connectivity index is 1.85. The average Bonchev–Trinajstić information content (AvgIpc) is 2.95. The Bertz CT molecular complexity index is 530. The van der Waals surface area contributed by atoms with Gasteiger partial charge in [0, 0.05) is 24.6 Å². The van der Waals surface area contributed by atoms with Crippen molar-refractivity contribution in [2.24, 2.45) is 0 Å². The third-order valence-corrected chi connectivity index (χ3v) is 4.73. The van der Waals surface area contributed by atoms with E-state index in [0.717, 1.165) is 41.7 Å². The Labute approximate surface area is 129 Å². The normalized spacial score (nSPS) is 18.9. The zero-order chi connectivity index (χ0) is 14.8. The van der Waals surface area contributed by atoms with Crippen LogP contribution in [0.3, 0.4) is 0 Å². The fourth-order valence-electron chi connectivity index (χ4n) is 2.70. The lowest BCUT2D eigenvalue weighted by Crippen LogP contribution is -2.44. The number of nitrogens with zero attached hydrogens (tertiary/aromatic N) is 2. The number of amides is 1. The lowest BCUT2D eigenvalue weighted by atomic mass is 10.0. The first-order chi connectivity index (χ1) is 10.2. The maximum absolute atomic E-state index is 12.8. The second-order valence-electron chi connectivity index (χ2n) is 5.42. The molecule has 0 aliphatic carbocycles. The molecule has 5 nitrogen and oxygen atoms in total. The summed E-state index contributed by atoms with van der Waals surface area (Å²) in [6, 6.07) is 5.48. The molecule has 6 heteroatoms. The first-order valence-electron chi connectivity index (χ1n) is 7.09. The quantitative estimate of drug-likeness (QED) is 0.848. The van der Waals surface area contributed by atoms with Gasteiger partial charge in [0.2, 0.25) is 12.7 Å². The highest BCUT2D eigenvalue weighted by atomic mass is 32.2. The summed E-state index contributed by atoms with van der Waals surface area (Å²) in [5.41, 5.74) is 0.951. The molecule has 1 atom stereocenters. The fourth-order valence-corrected chi connectivity index (χ4v) is 3.60. The van der Waals surface area contributed by atoms with Crippen molar-refractivity contribution in [2.75, 3.05) is 45.5 Å². The molecule has 1 aromatic carbocycles. The highest BCUT2D eigenvalue weighted by Crippen LogP contribution is 2.35. The molecule has 2 heterocycles. The van der Waals surface area contributed by atoms with Crippen LogP contribution in [-0.4, -0.2) is 61.2 Å². The Hall–Kier alpha value is -1.40. The van der Waals surface area contributed by atoms with E-state index >= 15 is 0 Å². The van der Waals surface area contributed by atoms with Crippen LogP contribution in [0, 0.1) is 0 Å². The fraction of sp³-hybridized carbons (Fsp3) is 0.533. The predicted octanol–water partition coefficient (Wildman–Crippen LogP) is 1.59.